The van der Waals surface area contributed by atoms with E-state index in [1.54, 1.807) is 0 Å². The molecule has 1 heterocycles. The van der Waals surface area contributed by atoms with Crippen molar-refractivity contribution < 1.29 is 4.74 Å². The van der Waals surface area contributed by atoms with Gasteiger partial charge in [-0.1, -0.05) is 6.08 Å². The van der Waals surface area contributed by atoms with Gasteiger partial charge in [0.1, 0.15) is 0 Å². The van der Waals surface area contributed by atoms with Crippen LogP contribution in [0.2, 0.25) is 0 Å². The van der Waals surface area contributed by atoms with Gasteiger partial charge in [0.2, 0.25) is 0 Å². The summed E-state index contributed by atoms with van der Waals surface area (Å²) in [5.41, 5.74) is 0. The number of nitrogens with one attached hydrogen (secondary N) is 1. The lowest BCUT2D eigenvalue weighted by molar-refractivity contribution is 0.0902. The lowest BCUT2D eigenvalue weighted by Gasteiger charge is -2.19. The summed E-state index contributed by atoms with van der Waals surface area (Å²) in [6, 6.07) is 0.378. The van der Waals surface area contributed by atoms with Crippen LogP contribution in [0.25, 0.3) is 0 Å². The van der Waals surface area contributed by atoms with Crippen LogP contribution in [0, 0.1) is 0 Å². The Labute approximate surface area is 49.5 Å². The monoisotopic (exact) mass is 113 g/mol. The number of hydrogen-bond donors (Lipinski definition) is 1. The van der Waals surface area contributed by atoms with Gasteiger partial charge < -0.3 is 10.1 Å². The molecule has 0 aromatic carbocycles. The number of ether oxygens (including phenoxy) is 1. The molecule has 0 aliphatic carbocycles. The Morgan fingerprint density at radius 2 is 2.62 bits per heavy atom. The normalized spacial score (nSPS) is 29.8. The van der Waals surface area contributed by atoms with Crippen LogP contribution in [0.3, 0.4) is 0 Å². The summed E-state index contributed by atoms with van der Waals surface area (Å²) in [5, 5.41) is 3.23. The maximum Gasteiger partial charge on any atom is 0.0656 e. The standard InChI is InChI=1S/C6H11NO/c1-2-6-5-8-4-3-7-6/h2,6-7H,1,3-5H2. The molecule has 1 aliphatic heterocycles. The van der Waals surface area contributed by atoms with Gasteiger partial charge in [-0.05, 0) is 0 Å². The van der Waals surface area contributed by atoms with Gasteiger partial charge in [0, 0.05) is 12.6 Å². The fourth-order valence-corrected chi connectivity index (χ4v) is 0.737. The zero-order valence-electron chi connectivity index (χ0n) is 4.89. The van der Waals surface area contributed by atoms with Crippen molar-refractivity contribution in [1.29, 1.82) is 0 Å². The number of morpholine rings is 1. The molecule has 0 bridgehead atoms. The molecular formula is C6H11NO. The predicted octanol–water partition coefficient (Wildman–Crippen LogP) is 0.161. The summed E-state index contributed by atoms with van der Waals surface area (Å²) in [6.45, 7) is 6.22. The topological polar surface area (TPSA) is 21.3 Å². The smallest absolute Gasteiger partial charge is 0.0656 e. The summed E-state index contributed by atoms with van der Waals surface area (Å²) in [7, 11) is 0. The second kappa shape index (κ2) is 2.84. The minimum Gasteiger partial charge on any atom is -0.378 e. The van der Waals surface area contributed by atoms with Gasteiger partial charge in [0.25, 0.3) is 0 Å². The Morgan fingerprint density at radius 3 is 3.00 bits per heavy atom. The van der Waals surface area contributed by atoms with Gasteiger partial charge in [-0.15, -0.1) is 6.58 Å². The first-order valence-electron chi connectivity index (χ1n) is 2.87. The molecule has 2 heteroatoms. The molecule has 0 saturated carbocycles. The van der Waals surface area contributed by atoms with Crippen molar-refractivity contribution in [3.63, 3.8) is 0 Å². The van der Waals surface area contributed by atoms with E-state index in [0.29, 0.717) is 6.04 Å². The van der Waals surface area contributed by atoms with Crippen LogP contribution >= 0.6 is 0 Å². The quantitative estimate of drug-likeness (QED) is 0.489. The van der Waals surface area contributed by atoms with E-state index in [2.05, 4.69) is 11.9 Å². The van der Waals surface area contributed by atoms with Crippen LogP contribution in [-0.2, 0) is 4.74 Å². The van der Waals surface area contributed by atoms with E-state index in [1.807, 2.05) is 6.08 Å². The molecule has 1 saturated heterocycles. The SMILES string of the molecule is C=CC1COCCN1. The Bertz CT molecular complexity index is 76.6. The summed E-state index contributed by atoms with van der Waals surface area (Å²) in [4.78, 5) is 0. The molecule has 1 aliphatic rings. The Kier molecular flexibility index (Phi) is 2.06. The van der Waals surface area contributed by atoms with Crippen molar-refractivity contribution in [1.82, 2.24) is 5.32 Å². The van der Waals surface area contributed by atoms with E-state index in [1.165, 1.54) is 0 Å². The molecule has 0 spiro atoms. The number of hydrogen-bond acceptors (Lipinski definition) is 2. The van der Waals surface area contributed by atoms with Gasteiger partial charge in [-0.25, -0.2) is 0 Å². The third-order valence-corrected chi connectivity index (χ3v) is 1.23. The minimum atomic E-state index is 0.378. The molecule has 1 fully saturated rings. The molecule has 8 heavy (non-hydrogen) atoms. The summed E-state index contributed by atoms with van der Waals surface area (Å²) >= 11 is 0. The molecule has 1 rings (SSSR count). The second-order valence-electron chi connectivity index (χ2n) is 1.87. The average Bonchev–Trinajstić information content (AvgIpc) is 1.90. The molecule has 0 aromatic heterocycles. The van der Waals surface area contributed by atoms with E-state index in [4.69, 9.17) is 4.74 Å². The molecule has 0 radical (unpaired) electrons. The summed E-state index contributed by atoms with van der Waals surface area (Å²) in [5.74, 6) is 0. The van der Waals surface area contributed by atoms with E-state index in [9.17, 15) is 0 Å². The van der Waals surface area contributed by atoms with E-state index >= 15 is 0 Å². The Balaban J connectivity index is 2.22. The molecule has 1 N–H and O–H groups in total. The third kappa shape index (κ3) is 1.32. The lowest BCUT2D eigenvalue weighted by Crippen LogP contribution is -2.39. The molecule has 1 atom stereocenters. The maximum atomic E-state index is 5.14. The second-order valence-corrected chi connectivity index (χ2v) is 1.87. The first-order chi connectivity index (χ1) is 3.93. The third-order valence-electron chi connectivity index (χ3n) is 1.23. The first-order valence-corrected chi connectivity index (χ1v) is 2.87. The van der Waals surface area contributed by atoms with Gasteiger partial charge in [-0.3, -0.25) is 0 Å². The van der Waals surface area contributed by atoms with Crippen LogP contribution in [0.4, 0.5) is 0 Å². The highest BCUT2D eigenvalue weighted by Crippen LogP contribution is 1.91. The summed E-state index contributed by atoms with van der Waals surface area (Å²) < 4.78 is 5.14. The average molecular weight is 113 g/mol. The van der Waals surface area contributed by atoms with Crippen LogP contribution in [0.15, 0.2) is 12.7 Å². The van der Waals surface area contributed by atoms with Gasteiger partial charge in [0.05, 0.1) is 13.2 Å². The molecular weight excluding hydrogens is 102 g/mol. The van der Waals surface area contributed by atoms with Crippen LogP contribution in [0.1, 0.15) is 0 Å². The van der Waals surface area contributed by atoms with Crippen molar-refractivity contribution in [2.45, 2.75) is 6.04 Å². The van der Waals surface area contributed by atoms with Crippen LogP contribution in [-0.4, -0.2) is 25.8 Å². The Hall–Kier alpha value is -0.340. The highest BCUT2D eigenvalue weighted by molar-refractivity contribution is 4.86. The molecule has 0 aromatic rings. The van der Waals surface area contributed by atoms with Gasteiger partial charge >= 0.3 is 0 Å². The van der Waals surface area contributed by atoms with E-state index < -0.39 is 0 Å². The summed E-state index contributed by atoms with van der Waals surface area (Å²) in [6.07, 6.45) is 1.87. The first kappa shape index (κ1) is 5.79. The zero-order valence-corrected chi connectivity index (χ0v) is 4.89. The molecule has 1 unspecified atom stereocenters. The van der Waals surface area contributed by atoms with E-state index in [-0.39, 0.29) is 0 Å². The highest BCUT2D eigenvalue weighted by atomic mass is 16.5. The fourth-order valence-electron chi connectivity index (χ4n) is 0.737. The lowest BCUT2D eigenvalue weighted by atomic mass is 10.3. The van der Waals surface area contributed by atoms with Crippen LogP contribution in [0.5, 0.6) is 0 Å². The van der Waals surface area contributed by atoms with E-state index in [0.717, 1.165) is 19.8 Å². The fraction of sp³-hybridized carbons (Fsp3) is 0.667. The van der Waals surface area contributed by atoms with Crippen molar-refractivity contribution >= 4 is 0 Å². The largest absolute Gasteiger partial charge is 0.378 e. The Morgan fingerprint density at radius 1 is 1.75 bits per heavy atom. The molecule has 2 nitrogen and oxygen atoms in total. The molecule has 46 valence electrons. The van der Waals surface area contributed by atoms with Crippen molar-refractivity contribution in [2.24, 2.45) is 0 Å². The van der Waals surface area contributed by atoms with Crippen molar-refractivity contribution in [3.05, 3.63) is 12.7 Å². The van der Waals surface area contributed by atoms with Gasteiger partial charge in [0.15, 0.2) is 0 Å². The molecule has 0 amide bonds. The zero-order chi connectivity index (χ0) is 5.82. The van der Waals surface area contributed by atoms with Gasteiger partial charge in [-0.2, -0.15) is 0 Å². The van der Waals surface area contributed by atoms with Crippen molar-refractivity contribution in [3.8, 4) is 0 Å². The van der Waals surface area contributed by atoms with Crippen molar-refractivity contribution in [2.75, 3.05) is 19.8 Å². The minimum absolute atomic E-state index is 0.378. The van der Waals surface area contributed by atoms with Crippen LogP contribution < -0.4 is 5.32 Å². The maximum absolute atomic E-state index is 5.14. The predicted molar refractivity (Wildman–Crippen MR) is 32.8 cm³/mol. The number of rotatable bonds is 1. The highest BCUT2D eigenvalue weighted by Gasteiger charge is 2.06.